The lowest BCUT2D eigenvalue weighted by atomic mass is 9.85. The molecule has 7 heteroatoms. The first kappa shape index (κ1) is 18.0. The Morgan fingerprint density at radius 3 is 2.70 bits per heavy atom. The molecule has 2 aliphatic rings. The van der Waals surface area contributed by atoms with Crippen LogP contribution >= 0.6 is 0 Å². The lowest BCUT2D eigenvalue weighted by molar-refractivity contribution is -0.139. The first-order valence-corrected chi connectivity index (χ1v) is 8.66. The van der Waals surface area contributed by atoms with Gasteiger partial charge in [-0.05, 0) is 32.2 Å². The molecule has 0 radical (unpaired) electrons. The highest BCUT2D eigenvalue weighted by Gasteiger charge is 2.35. The van der Waals surface area contributed by atoms with Crippen molar-refractivity contribution >= 4 is 12.0 Å². The zero-order valence-corrected chi connectivity index (χ0v) is 14.2. The Morgan fingerprint density at radius 2 is 2.09 bits per heavy atom. The van der Waals surface area contributed by atoms with Crippen LogP contribution in [0.2, 0.25) is 0 Å². The maximum absolute atomic E-state index is 12.4. The molecule has 1 aliphatic heterocycles. The number of carboxylic acid groups (broad SMARTS) is 1. The molecule has 0 aromatic rings. The van der Waals surface area contributed by atoms with Crippen LogP contribution in [0.5, 0.6) is 0 Å². The molecule has 1 atom stereocenters. The van der Waals surface area contributed by atoms with E-state index in [2.05, 4.69) is 12.2 Å². The Labute approximate surface area is 138 Å². The number of hydrogen-bond donors (Lipinski definition) is 2. The first-order valence-electron chi connectivity index (χ1n) is 8.66. The van der Waals surface area contributed by atoms with Crippen LogP contribution in [0.3, 0.4) is 0 Å². The van der Waals surface area contributed by atoms with Crippen molar-refractivity contribution in [3.05, 3.63) is 0 Å². The minimum Gasteiger partial charge on any atom is -0.480 e. The fourth-order valence-corrected chi connectivity index (χ4v) is 3.27. The van der Waals surface area contributed by atoms with E-state index in [1.165, 1.54) is 0 Å². The standard InChI is InChI=1S/C16H29N3O4/c1-3-14-10-19(6-5-7-23-14)16(22)17-12-8-13(9-12)18(4-2)11-15(20)21/h12-14H,3-11H2,1-2H3,(H,17,22)(H,20,21). The van der Waals surface area contributed by atoms with Gasteiger partial charge in [-0.25, -0.2) is 4.79 Å². The monoisotopic (exact) mass is 327 g/mol. The van der Waals surface area contributed by atoms with E-state index >= 15 is 0 Å². The number of ether oxygens (including phenoxy) is 1. The van der Waals surface area contributed by atoms with Gasteiger partial charge in [-0.2, -0.15) is 0 Å². The van der Waals surface area contributed by atoms with Crippen LogP contribution in [0.15, 0.2) is 0 Å². The highest BCUT2D eigenvalue weighted by molar-refractivity contribution is 5.74. The third-order valence-corrected chi connectivity index (χ3v) is 4.79. The molecule has 1 aliphatic carbocycles. The largest absolute Gasteiger partial charge is 0.480 e. The highest BCUT2D eigenvalue weighted by Crippen LogP contribution is 2.25. The molecule has 0 bridgehead atoms. The van der Waals surface area contributed by atoms with Crippen molar-refractivity contribution in [1.82, 2.24) is 15.1 Å². The van der Waals surface area contributed by atoms with Crippen molar-refractivity contribution in [2.45, 2.75) is 57.7 Å². The fraction of sp³-hybridized carbons (Fsp3) is 0.875. The summed E-state index contributed by atoms with van der Waals surface area (Å²) < 4.78 is 5.69. The molecule has 0 aromatic heterocycles. The summed E-state index contributed by atoms with van der Waals surface area (Å²) in [6.07, 6.45) is 3.57. The van der Waals surface area contributed by atoms with Crippen LogP contribution in [0.25, 0.3) is 0 Å². The lowest BCUT2D eigenvalue weighted by Gasteiger charge is -2.42. The summed E-state index contributed by atoms with van der Waals surface area (Å²) in [4.78, 5) is 27.0. The Balaban J connectivity index is 1.75. The van der Waals surface area contributed by atoms with E-state index in [-0.39, 0.29) is 30.8 Å². The highest BCUT2D eigenvalue weighted by atomic mass is 16.5. The van der Waals surface area contributed by atoms with Crippen LogP contribution in [0, 0.1) is 0 Å². The van der Waals surface area contributed by atoms with Gasteiger partial charge in [0.15, 0.2) is 0 Å². The topological polar surface area (TPSA) is 82.1 Å². The molecule has 1 saturated carbocycles. The van der Waals surface area contributed by atoms with Gasteiger partial charge >= 0.3 is 12.0 Å². The van der Waals surface area contributed by atoms with Gasteiger partial charge in [-0.15, -0.1) is 0 Å². The average molecular weight is 327 g/mol. The second kappa shape index (κ2) is 8.49. The third kappa shape index (κ3) is 5.07. The molecule has 1 saturated heterocycles. The first-order chi connectivity index (χ1) is 11.0. The molecular weight excluding hydrogens is 298 g/mol. The molecule has 0 aromatic carbocycles. The molecular formula is C16H29N3O4. The summed E-state index contributed by atoms with van der Waals surface area (Å²) in [6, 6.07) is 0.399. The summed E-state index contributed by atoms with van der Waals surface area (Å²) in [5, 5.41) is 12.0. The number of carbonyl (C=O) groups excluding carboxylic acids is 1. The van der Waals surface area contributed by atoms with Crippen LogP contribution in [-0.2, 0) is 9.53 Å². The van der Waals surface area contributed by atoms with Gasteiger partial charge in [0.1, 0.15) is 0 Å². The van der Waals surface area contributed by atoms with Crippen LogP contribution < -0.4 is 5.32 Å². The van der Waals surface area contributed by atoms with Gasteiger partial charge in [-0.3, -0.25) is 9.69 Å². The zero-order chi connectivity index (χ0) is 16.8. The Morgan fingerprint density at radius 1 is 1.35 bits per heavy atom. The van der Waals surface area contributed by atoms with E-state index in [1.807, 2.05) is 16.7 Å². The van der Waals surface area contributed by atoms with E-state index in [0.717, 1.165) is 38.8 Å². The van der Waals surface area contributed by atoms with Crippen molar-refractivity contribution in [1.29, 1.82) is 0 Å². The summed E-state index contributed by atoms with van der Waals surface area (Å²) in [6.45, 7) is 6.94. The van der Waals surface area contributed by atoms with Crippen molar-refractivity contribution in [2.24, 2.45) is 0 Å². The quantitative estimate of drug-likeness (QED) is 0.764. The molecule has 2 amide bonds. The molecule has 2 fully saturated rings. The maximum atomic E-state index is 12.4. The molecule has 2 rings (SSSR count). The number of nitrogens with zero attached hydrogens (tertiary/aromatic N) is 2. The summed E-state index contributed by atoms with van der Waals surface area (Å²) >= 11 is 0. The minimum absolute atomic E-state index is 0.0151. The van der Waals surface area contributed by atoms with Gasteiger partial charge in [0.05, 0.1) is 12.6 Å². The van der Waals surface area contributed by atoms with Crippen LogP contribution in [-0.4, -0.2) is 77.9 Å². The second-order valence-electron chi connectivity index (χ2n) is 6.43. The summed E-state index contributed by atoms with van der Waals surface area (Å²) in [5.74, 6) is -0.797. The molecule has 7 nitrogen and oxygen atoms in total. The number of hydrogen-bond acceptors (Lipinski definition) is 4. The van der Waals surface area contributed by atoms with Crippen molar-refractivity contribution in [3.63, 3.8) is 0 Å². The van der Waals surface area contributed by atoms with Gasteiger partial charge in [-0.1, -0.05) is 13.8 Å². The van der Waals surface area contributed by atoms with Gasteiger partial charge in [0.2, 0.25) is 0 Å². The van der Waals surface area contributed by atoms with Crippen molar-refractivity contribution in [3.8, 4) is 0 Å². The number of amides is 2. The lowest BCUT2D eigenvalue weighted by Crippen LogP contribution is -2.57. The Bertz CT molecular complexity index is 412. The number of nitrogens with one attached hydrogen (secondary N) is 1. The fourth-order valence-electron chi connectivity index (χ4n) is 3.27. The minimum atomic E-state index is -0.797. The Kier molecular flexibility index (Phi) is 6.65. The third-order valence-electron chi connectivity index (χ3n) is 4.79. The van der Waals surface area contributed by atoms with Crippen LogP contribution in [0.4, 0.5) is 4.79 Å². The molecule has 0 spiro atoms. The van der Waals surface area contributed by atoms with E-state index in [1.54, 1.807) is 0 Å². The number of likely N-dealkylation sites (N-methyl/N-ethyl adjacent to an activating group) is 1. The predicted molar refractivity (Wildman–Crippen MR) is 86.4 cm³/mol. The number of aliphatic carboxylic acids is 1. The van der Waals surface area contributed by atoms with E-state index in [4.69, 9.17) is 9.84 Å². The molecule has 23 heavy (non-hydrogen) atoms. The van der Waals surface area contributed by atoms with Gasteiger partial charge in [0, 0.05) is 31.8 Å². The molecule has 2 N–H and O–H groups in total. The van der Waals surface area contributed by atoms with Gasteiger partial charge < -0.3 is 20.1 Å². The SMILES string of the molecule is CCC1CN(C(=O)NC2CC(N(CC)CC(=O)O)C2)CCCO1. The molecule has 1 heterocycles. The van der Waals surface area contributed by atoms with Gasteiger partial charge in [0.25, 0.3) is 0 Å². The normalized spacial score (nSPS) is 28.1. The van der Waals surface area contributed by atoms with E-state index < -0.39 is 5.97 Å². The van der Waals surface area contributed by atoms with Crippen molar-refractivity contribution in [2.75, 3.05) is 32.8 Å². The number of carboxylic acids is 1. The number of carbonyl (C=O) groups is 2. The Hall–Kier alpha value is -1.34. The number of urea groups is 1. The summed E-state index contributed by atoms with van der Waals surface area (Å²) in [5.41, 5.74) is 0. The van der Waals surface area contributed by atoms with E-state index in [0.29, 0.717) is 13.2 Å². The number of rotatable bonds is 6. The predicted octanol–water partition coefficient (Wildman–Crippen LogP) is 1.13. The van der Waals surface area contributed by atoms with Crippen molar-refractivity contribution < 1.29 is 19.4 Å². The molecule has 1 unspecified atom stereocenters. The molecule has 132 valence electrons. The summed E-state index contributed by atoms with van der Waals surface area (Å²) in [7, 11) is 0. The average Bonchev–Trinajstić information content (AvgIpc) is 2.73. The smallest absolute Gasteiger partial charge is 0.317 e. The maximum Gasteiger partial charge on any atom is 0.317 e. The van der Waals surface area contributed by atoms with Crippen LogP contribution in [0.1, 0.15) is 39.5 Å². The second-order valence-corrected chi connectivity index (χ2v) is 6.43. The van der Waals surface area contributed by atoms with E-state index in [9.17, 15) is 9.59 Å². The zero-order valence-electron chi connectivity index (χ0n) is 14.2.